The molecule has 1 aliphatic rings. The summed E-state index contributed by atoms with van der Waals surface area (Å²) < 4.78 is 21.8. The first kappa shape index (κ1) is 21.6. The second-order valence-corrected chi connectivity index (χ2v) is 7.31. The van der Waals surface area contributed by atoms with E-state index >= 15 is 0 Å². The zero-order valence-electron chi connectivity index (χ0n) is 17.1. The van der Waals surface area contributed by atoms with E-state index in [1.807, 2.05) is 37.3 Å². The van der Waals surface area contributed by atoms with Gasteiger partial charge in [-0.3, -0.25) is 0 Å². The minimum absolute atomic E-state index is 0.00487. The van der Waals surface area contributed by atoms with E-state index < -0.39 is 11.9 Å². The van der Waals surface area contributed by atoms with Crippen LogP contribution in [0.15, 0.2) is 45.6 Å². The molecule has 1 aliphatic carbocycles. The number of hydrogen-bond donors (Lipinski definition) is 1. The summed E-state index contributed by atoms with van der Waals surface area (Å²) >= 11 is 0. The van der Waals surface area contributed by atoms with Crippen LogP contribution in [0.5, 0.6) is 5.75 Å². The first-order valence-electron chi connectivity index (χ1n) is 10.3. The number of hydrogen-bond acceptors (Lipinski definition) is 6. The van der Waals surface area contributed by atoms with Crippen LogP contribution in [-0.2, 0) is 20.6 Å². The van der Waals surface area contributed by atoms with Crippen LogP contribution in [0.4, 0.5) is 0 Å². The SMILES string of the molecule is CCOC(CCc1cc(O)c(C(c2ccccc2)C2CC2)c(=O)o1)OCCOC. The fourth-order valence-corrected chi connectivity index (χ4v) is 3.64. The Labute approximate surface area is 171 Å². The molecule has 2 aromatic rings. The van der Waals surface area contributed by atoms with Crippen molar-refractivity contribution < 1.29 is 23.7 Å². The lowest BCUT2D eigenvalue weighted by Crippen LogP contribution is -2.21. The van der Waals surface area contributed by atoms with E-state index in [9.17, 15) is 9.90 Å². The van der Waals surface area contributed by atoms with Gasteiger partial charge in [0, 0.05) is 38.5 Å². The molecular weight excluding hydrogens is 372 g/mol. The zero-order valence-corrected chi connectivity index (χ0v) is 17.1. The van der Waals surface area contributed by atoms with Gasteiger partial charge in [0.25, 0.3) is 0 Å². The van der Waals surface area contributed by atoms with E-state index in [-0.39, 0.29) is 11.7 Å². The molecule has 0 amide bonds. The van der Waals surface area contributed by atoms with Crippen molar-refractivity contribution >= 4 is 0 Å². The number of aryl methyl sites for hydroxylation is 1. The lowest BCUT2D eigenvalue weighted by Gasteiger charge is -2.19. The lowest BCUT2D eigenvalue weighted by atomic mass is 9.87. The van der Waals surface area contributed by atoms with Gasteiger partial charge in [0.15, 0.2) is 6.29 Å². The summed E-state index contributed by atoms with van der Waals surface area (Å²) in [5.74, 6) is 0.674. The number of rotatable bonds is 12. The molecule has 0 saturated heterocycles. The molecule has 3 rings (SSSR count). The van der Waals surface area contributed by atoms with E-state index in [4.69, 9.17) is 18.6 Å². The van der Waals surface area contributed by atoms with Crippen LogP contribution >= 0.6 is 0 Å². The Morgan fingerprint density at radius 3 is 2.55 bits per heavy atom. The van der Waals surface area contributed by atoms with E-state index in [1.165, 1.54) is 0 Å². The Bertz CT molecular complexity index is 812. The van der Waals surface area contributed by atoms with Gasteiger partial charge in [-0.1, -0.05) is 30.3 Å². The average molecular weight is 402 g/mol. The Balaban J connectivity index is 1.74. The summed E-state index contributed by atoms with van der Waals surface area (Å²) in [6, 6.07) is 11.4. The third kappa shape index (κ3) is 5.92. The molecule has 2 atom stereocenters. The molecular formula is C23H30O6. The van der Waals surface area contributed by atoms with Crippen molar-refractivity contribution in [3.8, 4) is 5.75 Å². The smallest absolute Gasteiger partial charge is 0.343 e. The zero-order chi connectivity index (χ0) is 20.6. The van der Waals surface area contributed by atoms with Crippen LogP contribution < -0.4 is 5.63 Å². The van der Waals surface area contributed by atoms with Gasteiger partial charge >= 0.3 is 5.63 Å². The number of benzene rings is 1. The third-order valence-electron chi connectivity index (χ3n) is 5.15. The molecule has 158 valence electrons. The second-order valence-electron chi connectivity index (χ2n) is 7.31. The van der Waals surface area contributed by atoms with E-state index in [1.54, 1.807) is 13.2 Å². The summed E-state index contributed by atoms with van der Waals surface area (Å²) in [5.41, 5.74) is 0.933. The van der Waals surface area contributed by atoms with Gasteiger partial charge in [0.1, 0.15) is 11.5 Å². The predicted octanol–water partition coefficient (Wildman–Crippen LogP) is 3.85. The summed E-state index contributed by atoms with van der Waals surface area (Å²) in [4.78, 5) is 12.8. The first-order valence-corrected chi connectivity index (χ1v) is 10.3. The summed E-state index contributed by atoms with van der Waals surface area (Å²) in [5, 5.41) is 10.7. The highest BCUT2D eigenvalue weighted by molar-refractivity contribution is 5.41. The van der Waals surface area contributed by atoms with Gasteiger partial charge < -0.3 is 23.7 Å². The maximum absolute atomic E-state index is 12.8. The van der Waals surface area contributed by atoms with Crippen molar-refractivity contribution in [3.63, 3.8) is 0 Å². The van der Waals surface area contributed by atoms with Crippen LogP contribution in [0.1, 0.15) is 49.0 Å². The number of methoxy groups -OCH3 is 1. The first-order chi connectivity index (χ1) is 14.1. The Hall–Kier alpha value is -2.15. The quantitative estimate of drug-likeness (QED) is 0.429. The second kappa shape index (κ2) is 10.6. The Morgan fingerprint density at radius 1 is 1.17 bits per heavy atom. The Kier molecular flexibility index (Phi) is 7.86. The molecule has 6 heteroatoms. The van der Waals surface area contributed by atoms with E-state index in [0.29, 0.717) is 49.9 Å². The molecule has 0 radical (unpaired) electrons. The van der Waals surface area contributed by atoms with Gasteiger partial charge in [-0.15, -0.1) is 0 Å². The van der Waals surface area contributed by atoms with E-state index in [2.05, 4.69) is 0 Å². The van der Waals surface area contributed by atoms with Crippen molar-refractivity contribution in [1.29, 1.82) is 0 Å². The topological polar surface area (TPSA) is 78.1 Å². The molecule has 0 bridgehead atoms. The molecule has 1 heterocycles. The molecule has 2 unspecified atom stereocenters. The fourth-order valence-electron chi connectivity index (χ4n) is 3.64. The molecule has 0 spiro atoms. The van der Waals surface area contributed by atoms with Gasteiger partial charge in [0.05, 0.1) is 18.8 Å². The summed E-state index contributed by atoms with van der Waals surface area (Å²) in [6.07, 6.45) is 2.64. The molecule has 29 heavy (non-hydrogen) atoms. The molecule has 6 nitrogen and oxygen atoms in total. The van der Waals surface area contributed by atoms with Crippen LogP contribution in [-0.4, -0.2) is 38.3 Å². The van der Waals surface area contributed by atoms with Crippen LogP contribution in [0.2, 0.25) is 0 Å². The van der Waals surface area contributed by atoms with Crippen LogP contribution in [0.3, 0.4) is 0 Å². The molecule has 0 aliphatic heterocycles. The van der Waals surface area contributed by atoms with E-state index in [0.717, 1.165) is 18.4 Å². The summed E-state index contributed by atoms with van der Waals surface area (Å²) in [6.45, 7) is 3.33. The van der Waals surface area contributed by atoms with Gasteiger partial charge in [-0.25, -0.2) is 4.79 Å². The normalized spacial score (nSPS) is 15.9. The van der Waals surface area contributed by atoms with Crippen molar-refractivity contribution in [1.82, 2.24) is 0 Å². The highest BCUT2D eigenvalue weighted by Crippen LogP contribution is 2.47. The Morgan fingerprint density at radius 2 is 1.93 bits per heavy atom. The summed E-state index contributed by atoms with van der Waals surface area (Å²) in [7, 11) is 1.61. The van der Waals surface area contributed by atoms with Gasteiger partial charge in [-0.2, -0.15) is 0 Å². The molecule has 1 fully saturated rings. The largest absolute Gasteiger partial charge is 0.507 e. The van der Waals surface area contributed by atoms with Crippen LogP contribution in [0, 0.1) is 5.92 Å². The highest BCUT2D eigenvalue weighted by atomic mass is 16.7. The highest BCUT2D eigenvalue weighted by Gasteiger charge is 2.37. The molecule has 1 N–H and O–H groups in total. The average Bonchev–Trinajstić information content (AvgIpc) is 3.54. The molecule has 1 saturated carbocycles. The maximum atomic E-state index is 12.8. The lowest BCUT2D eigenvalue weighted by molar-refractivity contribution is -0.149. The van der Waals surface area contributed by atoms with Crippen molar-refractivity contribution in [2.45, 2.75) is 44.8 Å². The van der Waals surface area contributed by atoms with Gasteiger partial charge in [0.2, 0.25) is 0 Å². The maximum Gasteiger partial charge on any atom is 0.343 e. The molecule has 1 aromatic carbocycles. The van der Waals surface area contributed by atoms with Crippen molar-refractivity contribution in [2.75, 3.05) is 26.9 Å². The predicted molar refractivity (Wildman–Crippen MR) is 109 cm³/mol. The van der Waals surface area contributed by atoms with Crippen LogP contribution in [0.25, 0.3) is 0 Å². The van der Waals surface area contributed by atoms with Crippen molar-refractivity contribution in [3.05, 3.63) is 63.7 Å². The van der Waals surface area contributed by atoms with Gasteiger partial charge in [-0.05, 0) is 31.2 Å². The number of aromatic hydroxyl groups is 1. The van der Waals surface area contributed by atoms with Crippen molar-refractivity contribution in [2.24, 2.45) is 5.92 Å². The number of ether oxygens (including phenoxy) is 3. The minimum Gasteiger partial charge on any atom is -0.507 e. The molecule has 1 aromatic heterocycles. The standard InChI is InChI=1S/C23H30O6/c1-3-27-20(28-14-13-26-2)12-11-18-15-19(24)22(23(25)29-18)21(17-9-10-17)16-7-5-4-6-8-16/h4-8,15,17,20-21,24H,3,9-14H2,1-2H3. The monoisotopic (exact) mass is 402 g/mol. The third-order valence-corrected chi connectivity index (χ3v) is 5.15. The minimum atomic E-state index is -0.464. The fraction of sp³-hybridized carbons (Fsp3) is 0.522.